The topological polar surface area (TPSA) is 50.1 Å². The Kier molecular flexibility index (Phi) is 6.07. The first-order valence-corrected chi connectivity index (χ1v) is 8.74. The molecule has 0 spiro atoms. The van der Waals surface area contributed by atoms with Crippen LogP contribution in [0.3, 0.4) is 0 Å². The minimum atomic E-state index is -0.696. The van der Waals surface area contributed by atoms with E-state index in [-0.39, 0.29) is 0 Å². The molecule has 1 aliphatic rings. The lowest BCUT2D eigenvalue weighted by atomic mass is 10.1. The van der Waals surface area contributed by atoms with Gasteiger partial charge in [0, 0.05) is 22.3 Å². The third-order valence-corrected chi connectivity index (χ3v) is 5.25. The summed E-state index contributed by atoms with van der Waals surface area (Å²) in [6.45, 7) is 0.586. The first kappa shape index (κ1) is 15.1. The van der Waals surface area contributed by atoms with Crippen LogP contribution in [0, 0.1) is 17.2 Å². The molecule has 1 fully saturated rings. The van der Waals surface area contributed by atoms with Gasteiger partial charge in [0.2, 0.25) is 0 Å². The third kappa shape index (κ3) is 4.97. The Labute approximate surface area is 123 Å². The molecule has 20 heavy (non-hydrogen) atoms. The molecule has 0 N–H and O–H groups in total. The molecule has 0 radical (unpaired) electrons. The Hall–Kier alpha value is -1.34. The molecule has 0 bridgehead atoms. The summed E-state index contributed by atoms with van der Waals surface area (Å²) < 4.78 is 17.5. The smallest absolute Gasteiger partial charge is 0.119 e. The van der Waals surface area contributed by atoms with Crippen LogP contribution in [-0.4, -0.2) is 22.3 Å². The predicted molar refractivity (Wildman–Crippen MR) is 81.1 cm³/mol. The predicted octanol–water partition coefficient (Wildman–Crippen LogP) is 3.27. The van der Waals surface area contributed by atoms with Crippen molar-refractivity contribution < 1.29 is 8.95 Å². The van der Waals surface area contributed by atoms with Crippen molar-refractivity contribution in [3.63, 3.8) is 0 Å². The van der Waals surface area contributed by atoms with Gasteiger partial charge < -0.3 is 4.74 Å². The molecule has 0 amide bonds. The van der Waals surface area contributed by atoms with Crippen molar-refractivity contribution in [2.45, 2.75) is 32.1 Å². The second-order valence-electron chi connectivity index (χ2n) is 5.30. The minimum Gasteiger partial charge on any atom is -0.494 e. The molecule has 1 aliphatic carbocycles. The SMILES string of the molecule is N#Cc1ccc(OCCCS(=O)CC2CCCC2)cc1. The molecule has 1 saturated carbocycles. The number of benzene rings is 1. The highest BCUT2D eigenvalue weighted by Gasteiger charge is 2.17. The highest BCUT2D eigenvalue weighted by atomic mass is 32.2. The lowest BCUT2D eigenvalue weighted by Gasteiger charge is -2.09. The molecule has 1 atom stereocenters. The van der Waals surface area contributed by atoms with E-state index in [0.29, 0.717) is 18.1 Å². The number of nitrogens with zero attached hydrogens (tertiary/aromatic N) is 1. The van der Waals surface area contributed by atoms with Crippen molar-refractivity contribution >= 4 is 10.8 Å². The second-order valence-corrected chi connectivity index (χ2v) is 6.92. The van der Waals surface area contributed by atoms with E-state index in [9.17, 15) is 4.21 Å². The molecule has 1 unspecified atom stereocenters. The van der Waals surface area contributed by atoms with Crippen LogP contribution in [-0.2, 0) is 10.8 Å². The van der Waals surface area contributed by atoms with Gasteiger partial charge in [0.25, 0.3) is 0 Å². The molecule has 0 heterocycles. The third-order valence-electron chi connectivity index (χ3n) is 3.66. The fourth-order valence-corrected chi connectivity index (χ4v) is 4.02. The van der Waals surface area contributed by atoms with Gasteiger partial charge in [0.05, 0.1) is 18.2 Å². The highest BCUT2D eigenvalue weighted by Crippen LogP contribution is 2.25. The van der Waals surface area contributed by atoms with Gasteiger partial charge in [-0.15, -0.1) is 0 Å². The fourth-order valence-electron chi connectivity index (χ4n) is 2.56. The van der Waals surface area contributed by atoms with E-state index in [2.05, 4.69) is 6.07 Å². The minimum absolute atomic E-state index is 0.586. The average Bonchev–Trinajstić information content (AvgIpc) is 2.97. The van der Waals surface area contributed by atoms with Crippen LogP contribution in [0.2, 0.25) is 0 Å². The molecule has 108 valence electrons. The van der Waals surface area contributed by atoms with Gasteiger partial charge >= 0.3 is 0 Å². The zero-order chi connectivity index (χ0) is 14.2. The first-order chi connectivity index (χ1) is 9.78. The van der Waals surface area contributed by atoms with Crippen LogP contribution in [0.5, 0.6) is 5.75 Å². The number of hydrogen-bond donors (Lipinski definition) is 0. The van der Waals surface area contributed by atoms with E-state index in [1.807, 2.05) is 0 Å². The summed E-state index contributed by atoms with van der Waals surface area (Å²) in [5, 5.41) is 8.70. The van der Waals surface area contributed by atoms with Crippen molar-refractivity contribution in [2.75, 3.05) is 18.1 Å². The molecule has 4 heteroatoms. The Bertz CT molecular complexity index is 472. The van der Waals surface area contributed by atoms with E-state index in [4.69, 9.17) is 10.00 Å². The summed E-state index contributed by atoms with van der Waals surface area (Å²) in [6, 6.07) is 9.16. The Balaban J connectivity index is 1.60. The molecular weight excluding hydrogens is 270 g/mol. The van der Waals surface area contributed by atoms with E-state index in [0.717, 1.165) is 23.7 Å². The quantitative estimate of drug-likeness (QED) is 0.724. The first-order valence-electron chi connectivity index (χ1n) is 7.26. The zero-order valence-corrected chi connectivity index (χ0v) is 12.5. The highest BCUT2D eigenvalue weighted by molar-refractivity contribution is 7.84. The van der Waals surface area contributed by atoms with Crippen molar-refractivity contribution in [1.82, 2.24) is 0 Å². The van der Waals surface area contributed by atoms with Crippen LogP contribution in [0.25, 0.3) is 0 Å². The van der Waals surface area contributed by atoms with Crippen LogP contribution in [0.15, 0.2) is 24.3 Å². The summed E-state index contributed by atoms with van der Waals surface area (Å²) in [4.78, 5) is 0. The summed E-state index contributed by atoms with van der Waals surface area (Å²) in [5.41, 5.74) is 0.634. The maximum atomic E-state index is 11.9. The maximum absolute atomic E-state index is 11.9. The largest absolute Gasteiger partial charge is 0.494 e. The van der Waals surface area contributed by atoms with Crippen molar-refractivity contribution in [2.24, 2.45) is 5.92 Å². The molecule has 0 saturated heterocycles. The van der Waals surface area contributed by atoms with E-state index in [1.54, 1.807) is 24.3 Å². The van der Waals surface area contributed by atoms with Gasteiger partial charge in [0.1, 0.15) is 5.75 Å². The maximum Gasteiger partial charge on any atom is 0.119 e. The van der Waals surface area contributed by atoms with Crippen LogP contribution in [0.4, 0.5) is 0 Å². The molecule has 0 aromatic heterocycles. The normalized spacial score (nSPS) is 16.8. The summed E-state index contributed by atoms with van der Waals surface area (Å²) >= 11 is 0. The lowest BCUT2D eigenvalue weighted by molar-refractivity contribution is 0.318. The van der Waals surface area contributed by atoms with Gasteiger partial charge in [-0.05, 0) is 49.4 Å². The summed E-state index contributed by atoms with van der Waals surface area (Å²) in [5.74, 6) is 3.06. The monoisotopic (exact) mass is 291 g/mol. The van der Waals surface area contributed by atoms with E-state index < -0.39 is 10.8 Å². The number of rotatable bonds is 7. The molecule has 1 aromatic rings. The standard InChI is InChI=1S/C16H21NO2S/c17-12-14-6-8-16(9-7-14)19-10-3-11-20(18)13-15-4-1-2-5-15/h6-9,15H,1-5,10-11,13H2. The summed E-state index contributed by atoms with van der Waals surface area (Å²) in [7, 11) is -0.696. The summed E-state index contributed by atoms with van der Waals surface area (Å²) in [6.07, 6.45) is 5.95. The van der Waals surface area contributed by atoms with Crippen LogP contribution < -0.4 is 4.74 Å². The van der Waals surface area contributed by atoms with Crippen molar-refractivity contribution in [3.05, 3.63) is 29.8 Å². The van der Waals surface area contributed by atoms with Gasteiger partial charge in [-0.3, -0.25) is 4.21 Å². The van der Waals surface area contributed by atoms with Gasteiger partial charge in [-0.1, -0.05) is 12.8 Å². The Morgan fingerprint density at radius 3 is 2.60 bits per heavy atom. The van der Waals surface area contributed by atoms with Crippen molar-refractivity contribution in [3.8, 4) is 11.8 Å². The fraction of sp³-hybridized carbons (Fsp3) is 0.562. The van der Waals surface area contributed by atoms with Crippen LogP contribution >= 0.6 is 0 Å². The molecule has 3 nitrogen and oxygen atoms in total. The van der Waals surface area contributed by atoms with Gasteiger partial charge in [-0.2, -0.15) is 5.26 Å². The zero-order valence-electron chi connectivity index (χ0n) is 11.7. The van der Waals surface area contributed by atoms with Gasteiger partial charge in [0.15, 0.2) is 0 Å². The Morgan fingerprint density at radius 2 is 1.95 bits per heavy atom. The number of nitriles is 1. The average molecular weight is 291 g/mol. The number of ether oxygens (including phenoxy) is 1. The molecular formula is C16H21NO2S. The van der Waals surface area contributed by atoms with Gasteiger partial charge in [-0.25, -0.2) is 0 Å². The molecule has 2 rings (SSSR count). The van der Waals surface area contributed by atoms with E-state index in [1.165, 1.54) is 25.7 Å². The Morgan fingerprint density at radius 1 is 1.25 bits per heavy atom. The van der Waals surface area contributed by atoms with Crippen molar-refractivity contribution in [1.29, 1.82) is 5.26 Å². The lowest BCUT2D eigenvalue weighted by Crippen LogP contribution is -2.12. The second kappa shape index (κ2) is 8.06. The van der Waals surface area contributed by atoms with E-state index >= 15 is 0 Å². The molecule has 1 aromatic carbocycles. The van der Waals surface area contributed by atoms with Crippen LogP contribution in [0.1, 0.15) is 37.7 Å². The number of hydrogen-bond acceptors (Lipinski definition) is 3. The molecule has 0 aliphatic heterocycles.